The zero-order valence-electron chi connectivity index (χ0n) is 15.8. The lowest BCUT2D eigenvalue weighted by Crippen LogP contribution is -2.62. The number of nitrogens with one attached hydrogen (secondary N) is 1. The van der Waals surface area contributed by atoms with Crippen LogP contribution in [0.5, 0.6) is 0 Å². The lowest BCUT2D eigenvalue weighted by atomic mass is 9.47. The minimum absolute atomic E-state index is 0.00309. The third-order valence-electron chi connectivity index (χ3n) is 7.13. The summed E-state index contributed by atoms with van der Waals surface area (Å²) in [4.78, 5) is 24.8. The van der Waals surface area contributed by atoms with Crippen molar-refractivity contribution in [3.63, 3.8) is 0 Å². The van der Waals surface area contributed by atoms with Crippen LogP contribution in [-0.2, 0) is 4.79 Å². The fourth-order valence-electron chi connectivity index (χ4n) is 6.05. The Hall–Kier alpha value is -2.70. The SMILES string of the molecule is NC(=O)C12CC3CC(C1)C(NC(=O)c1ccc(-c4ccc(F)c(F)c4)o1)C(C3)C2. The predicted octanol–water partition coefficient (Wildman–Crippen LogP) is 3.63. The fourth-order valence-corrected chi connectivity index (χ4v) is 6.05. The molecule has 4 saturated carbocycles. The Balaban J connectivity index is 1.32. The van der Waals surface area contributed by atoms with E-state index in [1.165, 1.54) is 12.1 Å². The molecule has 152 valence electrons. The van der Waals surface area contributed by atoms with Crippen LogP contribution in [0.1, 0.15) is 42.7 Å². The molecular weight excluding hydrogens is 378 g/mol. The summed E-state index contributed by atoms with van der Waals surface area (Å²) in [7, 11) is 0. The molecule has 0 radical (unpaired) electrons. The van der Waals surface area contributed by atoms with Crippen LogP contribution in [0.3, 0.4) is 0 Å². The Morgan fingerprint density at radius 1 is 1.03 bits per heavy atom. The summed E-state index contributed by atoms with van der Waals surface area (Å²) in [5.74, 6) is -1.01. The molecule has 7 heteroatoms. The van der Waals surface area contributed by atoms with Crippen LogP contribution < -0.4 is 11.1 Å². The van der Waals surface area contributed by atoms with Gasteiger partial charge in [0.15, 0.2) is 17.4 Å². The number of benzene rings is 1. The van der Waals surface area contributed by atoms with Crippen LogP contribution in [0.25, 0.3) is 11.3 Å². The molecule has 3 N–H and O–H groups in total. The first-order chi connectivity index (χ1) is 13.8. The van der Waals surface area contributed by atoms with Crippen LogP contribution in [0, 0.1) is 34.8 Å². The number of nitrogens with two attached hydrogens (primary N) is 1. The van der Waals surface area contributed by atoms with Crippen molar-refractivity contribution in [1.82, 2.24) is 5.32 Å². The number of hydrogen-bond donors (Lipinski definition) is 2. The lowest BCUT2D eigenvalue weighted by molar-refractivity contribution is -0.145. The van der Waals surface area contributed by atoms with E-state index in [-0.39, 0.29) is 35.5 Å². The molecule has 4 bridgehead atoms. The Labute approximate surface area is 166 Å². The molecule has 2 atom stereocenters. The molecule has 1 aromatic carbocycles. The molecular formula is C22H22F2N2O3. The maximum atomic E-state index is 13.5. The molecule has 29 heavy (non-hydrogen) atoms. The molecule has 6 rings (SSSR count). The maximum Gasteiger partial charge on any atom is 0.287 e. The molecule has 0 saturated heterocycles. The second kappa shape index (κ2) is 6.40. The summed E-state index contributed by atoms with van der Waals surface area (Å²) in [5.41, 5.74) is 5.68. The van der Waals surface area contributed by atoms with Crippen molar-refractivity contribution in [1.29, 1.82) is 0 Å². The highest BCUT2D eigenvalue weighted by atomic mass is 19.2. The van der Waals surface area contributed by atoms with Crippen LogP contribution >= 0.6 is 0 Å². The second-order valence-corrected chi connectivity index (χ2v) is 8.91. The van der Waals surface area contributed by atoms with Crippen molar-refractivity contribution in [2.75, 3.05) is 0 Å². The van der Waals surface area contributed by atoms with Crippen LogP contribution in [0.15, 0.2) is 34.7 Å². The van der Waals surface area contributed by atoms with Gasteiger partial charge in [0.1, 0.15) is 5.76 Å². The van der Waals surface area contributed by atoms with Gasteiger partial charge in [-0.2, -0.15) is 0 Å². The van der Waals surface area contributed by atoms with E-state index in [0.717, 1.165) is 44.2 Å². The van der Waals surface area contributed by atoms with Gasteiger partial charge in [0.25, 0.3) is 5.91 Å². The Bertz CT molecular complexity index is 986. The Kier molecular flexibility index (Phi) is 4.05. The largest absolute Gasteiger partial charge is 0.451 e. The number of carbonyl (C=O) groups excluding carboxylic acids is 2. The average Bonchev–Trinajstić information content (AvgIpc) is 3.16. The first-order valence-electron chi connectivity index (χ1n) is 10.0. The zero-order chi connectivity index (χ0) is 20.3. The van der Waals surface area contributed by atoms with E-state index in [1.54, 1.807) is 6.07 Å². The van der Waals surface area contributed by atoms with Crippen molar-refractivity contribution in [2.24, 2.45) is 28.9 Å². The summed E-state index contributed by atoms with van der Waals surface area (Å²) < 4.78 is 32.2. The van der Waals surface area contributed by atoms with E-state index in [1.807, 2.05) is 0 Å². The van der Waals surface area contributed by atoms with Gasteiger partial charge >= 0.3 is 0 Å². The minimum Gasteiger partial charge on any atom is -0.451 e. The molecule has 1 heterocycles. The molecule has 1 aromatic heterocycles. The quantitative estimate of drug-likeness (QED) is 0.822. The highest BCUT2D eigenvalue weighted by molar-refractivity contribution is 5.92. The summed E-state index contributed by atoms with van der Waals surface area (Å²) in [6.07, 6.45) is 4.37. The van der Waals surface area contributed by atoms with Crippen molar-refractivity contribution >= 4 is 11.8 Å². The van der Waals surface area contributed by atoms with Gasteiger partial charge < -0.3 is 15.5 Å². The average molecular weight is 400 g/mol. The van der Waals surface area contributed by atoms with Gasteiger partial charge in [-0.3, -0.25) is 9.59 Å². The number of amides is 2. The van der Waals surface area contributed by atoms with E-state index in [0.29, 0.717) is 17.2 Å². The smallest absolute Gasteiger partial charge is 0.287 e. The molecule has 0 aliphatic heterocycles. The maximum absolute atomic E-state index is 13.5. The van der Waals surface area contributed by atoms with Crippen molar-refractivity contribution in [2.45, 2.75) is 38.1 Å². The molecule has 0 spiro atoms. The topological polar surface area (TPSA) is 85.3 Å². The van der Waals surface area contributed by atoms with Crippen molar-refractivity contribution in [3.8, 4) is 11.3 Å². The molecule has 2 amide bonds. The third kappa shape index (κ3) is 2.94. The first-order valence-corrected chi connectivity index (χ1v) is 10.0. The summed E-state index contributed by atoms with van der Waals surface area (Å²) in [6, 6.07) is 6.57. The first kappa shape index (κ1) is 18.3. The van der Waals surface area contributed by atoms with Gasteiger partial charge in [0, 0.05) is 17.0 Å². The summed E-state index contributed by atoms with van der Waals surface area (Å²) in [6.45, 7) is 0. The molecule has 4 aliphatic carbocycles. The number of primary amides is 1. The zero-order valence-corrected chi connectivity index (χ0v) is 15.8. The van der Waals surface area contributed by atoms with Crippen LogP contribution in [0.2, 0.25) is 0 Å². The van der Waals surface area contributed by atoms with Gasteiger partial charge in [0.05, 0.1) is 0 Å². The highest BCUT2D eigenvalue weighted by Crippen LogP contribution is 2.59. The van der Waals surface area contributed by atoms with Gasteiger partial charge in [-0.25, -0.2) is 8.78 Å². The predicted molar refractivity (Wildman–Crippen MR) is 100 cm³/mol. The fraction of sp³-hybridized carbons (Fsp3) is 0.455. The van der Waals surface area contributed by atoms with Gasteiger partial charge in [0.2, 0.25) is 5.91 Å². The Morgan fingerprint density at radius 2 is 1.76 bits per heavy atom. The normalized spacial score (nSPS) is 32.3. The molecule has 2 unspecified atom stereocenters. The number of carbonyl (C=O) groups is 2. The summed E-state index contributed by atoms with van der Waals surface area (Å²) in [5, 5.41) is 3.10. The van der Waals surface area contributed by atoms with Crippen LogP contribution in [-0.4, -0.2) is 17.9 Å². The van der Waals surface area contributed by atoms with Gasteiger partial charge in [-0.15, -0.1) is 0 Å². The van der Waals surface area contributed by atoms with Gasteiger partial charge in [-0.05, 0) is 80.2 Å². The minimum atomic E-state index is -0.970. The number of furan rings is 1. The second-order valence-electron chi connectivity index (χ2n) is 8.91. The monoisotopic (exact) mass is 400 g/mol. The van der Waals surface area contributed by atoms with Crippen molar-refractivity contribution < 1.29 is 22.8 Å². The van der Waals surface area contributed by atoms with E-state index < -0.39 is 17.0 Å². The summed E-state index contributed by atoms with van der Waals surface area (Å²) >= 11 is 0. The van der Waals surface area contributed by atoms with E-state index >= 15 is 0 Å². The standard InChI is InChI=1S/C22H22F2N2O3/c23-15-2-1-12(7-16(15)24)17-3-4-18(29-17)20(27)26-19-13-5-11-6-14(19)10-22(8-11,9-13)21(25)28/h1-4,7,11,13-14,19H,5-6,8-10H2,(H2,25,28)(H,26,27). The number of hydrogen-bond acceptors (Lipinski definition) is 3. The molecule has 4 aliphatic rings. The van der Waals surface area contributed by atoms with Crippen molar-refractivity contribution in [3.05, 3.63) is 47.7 Å². The van der Waals surface area contributed by atoms with E-state index in [2.05, 4.69) is 5.32 Å². The number of halogens is 2. The lowest BCUT2D eigenvalue weighted by Gasteiger charge is -2.58. The van der Waals surface area contributed by atoms with E-state index in [4.69, 9.17) is 10.2 Å². The van der Waals surface area contributed by atoms with Gasteiger partial charge in [-0.1, -0.05) is 0 Å². The number of rotatable bonds is 4. The third-order valence-corrected chi connectivity index (χ3v) is 7.13. The molecule has 4 fully saturated rings. The van der Waals surface area contributed by atoms with Crippen LogP contribution in [0.4, 0.5) is 8.78 Å². The Morgan fingerprint density at radius 3 is 2.41 bits per heavy atom. The highest BCUT2D eigenvalue weighted by Gasteiger charge is 2.58. The molecule has 5 nitrogen and oxygen atoms in total. The van der Waals surface area contributed by atoms with E-state index in [9.17, 15) is 18.4 Å². The molecule has 2 aromatic rings.